The molecular weight excluding hydrogens is 230 g/mol. The highest BCUT2D eigenvalue weighted by atomic mass is 16.7. The standard InChI is InChI=1S/C9H13N3O5/c1-5-8(14)10-9(15)12(11-5)2-6-4-16-7(3-13)17-6/h6-7,13H,2-4H2,1H3,(H,10,14,15)/t6-,7+/m0/s1. The molecule has 0 unspecified atom stereocenters. The topological polar surface area (TPSA) is 106 Å². The fourth-order valence-electron chi connectivity index (χ4n) is 1.54. The van der Waals surface area contributed by atoms with Gasteiger partial charge in [-0.15, -0.1) is 0 Å². The van der Waals surface area contributed by atoms with Gasteiger partial charge < -0.3 is 14.6 Å². The molecule has 0 amide bonds. The van der Waals surface area contributed by atoms with Crippen molar-refractivity contribution in [3.05, 3.63) is 26.5 Å². The van der Waals surface area contributed by atoms with Gasteiger partial charge in [0.2, 0.25) is 0 Å². The minimum Gasteiger partial charge on any atom is -0.391 e. The Morgan fingerprint density at radius 3 is 3.00 bits per heavy atom. The van der Waals surface area contributed by atoms with E-state index in [1.54, 1.807) is 0 Å². The molecule has 2 rings (SSSR count). The van der Waals surface area contributed by atoms with Crippen molar-refractivity contribution in [2.45, 2.75) is 25.9 Å². The van der Waals surface area contributed by atoms with E-state index in [1.807, 2.05) is 0 Å². The largest absolute Gasteiger partial charge is 0.391 e. The second-order valence-electron chi connectivity index (χ2n) is 3.73. The molecule has 8 heteroatoms. The summed E-state index contributed by atoms with van der Waals surface area (Å²) in [7, 11) is 0. The van der Waals surface area contributed by atoms with E-state index in [4.69, 9.17) is 14.6 Å². The second-order valence-corrected chi connectivity index (χ2v) is 3.73. The Morgan fingerprint density at radius 2 is 2.35 bits per heavy atom. The lowest BCUT2D eigenvalue weighted by Gasteiger charge is -2.10. The fourth-order valence-corrected chi connectivity index (χ4v) is 1.54. The number of aromatic nitrogens is 3. The third-order valence-electron chi connectivity index (χ3n) is 2.39. The first-order chi connectivity index (χ1) is 8.10. The first-order valence-electron chi connectivity index (χ1n) is 5.16. The van der Waals surface area contributed by atoms with Crippen LogP contribution < -0.4 is 11.2 Å². The summed E-state index contributed by atoms with van der Waals surface area (Å²) < 4.78 is 11.5. The van der Waals surface area contributed by atoms with Crippen molar-refractivity contribution in [1.29, 1.82) is 0 Å². The summed E-state index contributed by atoms with van der Waals surface area (Å²) in [6.07, 6.45) is -1.01. The normalized spacial score (nSPS) is 24.1. The molecule has 1 aliphatic heterocycles. The zero-order valence-corrected chi connectivity index (χ0v) is 9.25. The molecule has 17 heavy (non-hydrogen) atoms. The minimum absolute atomic E-state index is 0.174. The average molecular weight is 243 g/mol. The molecule has 2 atom stereocenters. The third-order valence-corrected chi connectivity index (χ3v) is 2.39. The smallest absolute Gasteiger partial charge is 0.344 e. The average Bonchev–Trinajstić information content (AvgIpc) is 2.73. The summed E-state index contributed by atoms with van der Waals surface area (Å²) >= 11 is 0. The maximum absolute atomic E-state index is 11.4. The van der Waals surface area contributed by atoms with E-state index >= 15 is 0 Å². The summed E-state index contributed by atoms with van der Waals surface area (Å²) in [5, 5.41) is 12.7. The van der Waals surface area contributed by atoms with E-state index in [2.05, 4.69) is 10.1 Å². The summed E-state index contributed by atoms with van der Waals surface area (Å²) in [6, 6.07) is 0. The van der Waals surface area contributed by atoms with E-state index < -0.39 is 17.5 Å². The Kier molecular flexibility index (Phi) is 3.36. The zero-order valence-electron chi connectivity index (χ0n) is 9.25. The highest BCUT2D eigenvalue weighted by molar-refractivity contribution is 4.88. The second kappa shape index (κ2) is 4.78. The van der Waals surface area contributed by atoms with Crippen LogP contribution in [0.2, 0.25) is 0 Å². The molecule has 0 saturated carbocycles. The predicted molar refractivity (Wildman–Crippen MR) is 55.6 cm³/mol. The molecule has 2 heterocycles. The van der Waals surface area contributed by atoms with Crippen molar-refractivity contribution in [2.24, 2.45) is 0 Å². The van der Waals surface area contributed by atoms with Gasteiger partial charge in [-0.05, 0) is 6.92 Å². The van der Waals surface area contributed by atoms with Crippen LogP contribution in [0.1, 0.15) is 5.69 Å². The van der Waals surface area contributed by atoms with Crippen molar-refractivity contribution >= 4 is 0 Å². The van der Waals surface area contributed by atoms with Gasteiger partial charge in [0.15, 0.2) is 6.29 Å². The summed E-state index contributed by atoms with van der Waals surface area (Å²) in [6.45, 7) is 1.73. The number of hydrogen-bond acceptors (Lipinski definition) is 6. The number of H-pyrrole nitrogens is 1. The predicted octanol–water partition coefficient (Wildman–Crippen LogP) is -2.03. The molecule has 0 bridgehead atoms. The van der Waals surface area contributed by atoms with Gasteiger partial charge in [-0.1, -0.05) is 0 Å². The molecule has 94 valence electrons. The van der Waals surface area contributed by atoms with E-state index in [1.165, 1.54) is 6.92 Å². The molecule has 0 radical (unpaired) electrons. The van der Waals surface area contributed by atoms with Crippen LogP contribution >= 0.6 is 0 Å². The number of nitrogens with zero attached hydrogens (tertiary/aromatic N) is 2. The van der Waals surface area contributed by atoms with Gasteiger partial charge in [0.1, 0.15) is 11.8 Å². The van der Waals surface area contributed by atoms with Gasteiger partial charge in [0, 0.05) is 0 Å². The molecule has 8 nitrogen and oxygen atoms in total. The summed E-state index contributed by atoms with van der Waals surface area (Å²) in [4.78, 5) is 24.7. The van der Waals surface area contributed by atoms with Crippen molar-refractivity contribution in [3.63, 3.8) is 0 Å². The van der Waals surface area contributed by atoms with Crippen LogP contribution in [0.5, 0.6) is 0 Å². The number of aliphatic hydroxyl groups is 1. The van der Waals surface area contributed by atoms with Gasteiger partial charge in [0.05, 0.1) is 19.8 Å². The van der Waals surface area contributed by atoms with E-state index in [0.717, 1.165) is 4.68 Å². The molecule has 2 N–H and O–H groups in total. The maximum atomic E-state index is 11.4. The number of aryl methyl sites for hydroxylation is 1. The molecule has 0 spiro atoms. The summed E-state index contributed by atoms with van der Waals surface area (Å²) in [5.74, 6) is 0. The Balaban J connectivity index is 2.12. The Labute approximate surface area is 95.8 Å². The summed E-state index contributed by atoms with van der Waals surface area (Å²) in [5.41, 5.74) is -0.873. The number of aliphatic hydroxyl groups excluding tert-OH is 1. The van der Waals surface area contributed by atoms with Crippen LogP contribution in [-0.4, -0.2) is 45.5 Å². The Hall–Kier alpha value is -1.51. The van der Waals surface area contributed by atoms with Gasteiger partial charge in [-0.25, -0.2) is 9.48 Å². The number of ether oxygens (including phenoxy) is 2. The lowest BCUT2D eigenvalue weighted by molar-refractivity contribution is -0.0897. The van der Waals surface area contributed by atoms with Crippen LogP contribution in [0.3, 0.4) is 0 Å². The highest BCUT2D eigenvalue weighted by Gasteiger charge is 2.26. The molecule has 0 aliphatic carbocycles. The van der Waals surface area contributed by atoms with E-state index in [-0.39, 0.29) is 31.6 Å². The molecule has 1 aromatic rings. The van der Waals surface area contributed by atoms with Crippen molar-refractivity contribution in [3.8, 4) is 0 Å². The van der Waals surface area contributed by atoms with Crippen molar-refractivity contribution < 1.29 is 14.6 Å². The van der Waals surface area contributed by atoms with Gasteiger partial charge in [-0.2, -0.15) is 5.10 Å². The lowest BCUT2D eigenvalue weighted by atomic mass is 10.4. The minimum atomic E-state index is -0.653. The third kappa shape index (κ3) is 2.60. The van der Waals surface area contributed by atoms with E-state index in [9.17, 15) is 9.59 Å². The lowest BCUT2D eigenvalue weighted by Crippen LogP contribution is -2.37. The van der Waals surface area contributed by atoms with Crippen molar-refractivity contribution in [1.82, 2.24) is 14.8 Å². The number of nitrogens with one attached hydrogen (secondary N) is 1. The van der Waals surface area contributed by atoms with Gasteiger partial charge in [-0.3, -0.25) is 9.78 Å². The maximum Gasteiger partial charge on any atom is 0.344 e. The first kappa shape index (κ1) is 12.0. The first-order valence-corrected chi connectivity index (χ1v) is 5.16. The molecule has 1 aliphatic rings. The number of rotatable bonds is 3. The number of aromatic amines is 1. The van der Waals surface area contributed by atoms with Crippen LogP contribution in [0.4, 0.5) is 0 Å². The molecule has 0 aromatic carbocycles. The van der Waals surface area contributed by atoms with Crippen LogP contribution in [0.25, 0.3) is 0 Å². The SMILES string of the molecule is Cc1nn(C[C@H]2CO[C@@H](CO)O2)c(=O)[nH]c1=O. The zero-order chi connectivity index (χ0) is 12.4. The number of hydrogen-bond donors (Lipinski definition) is 2. The molecule has 1 fully saturated rings. The molecule has 1 saturated heterocycles. The van der Waals surface area contributed by atoms with Crippen LogP contribution in [0.15, 0.2) is 9.59 Å². The Morgan fingerprint density at radius 1 is 1.59 bits per heavy atom. The highest BCUT2D eigenvalue weighted by Crippen LogP contribution is 2.11. The van der Waals surface area contributed by atoms with Crippen LogP contribution in [0, 0.1) is 6.92 Å². The van der Waals surface area contributed by atoms with E-state index in [0.29, 0.717) is 0 Å². The molecular formula is C9H13N3O5. The fraction of sp³-hybridized carbons (Fsp3) is 0.667. The molecule has 1 aromatic heterocycles. The van der Waals surface area contributed by atoms with Crippen molar-refractivity contribution in [2.75, 3.05) is 13.2 Å². The van der Waals surface area contributed by atoms with Crippen LogP contribution in [-0.2, 0) is 16.0 Å². The van der Waals surface area contributed by atoms with Gasteiger partial charge >= 0.3 is 5.69 Å². The van der Waals surface area contributed by atoms with Gasteiger partial charge in [0.25, 0.3) is 5.56 Å². The monoisotopic (exact) mass is 243 g/mol. The quantitative estimate of drug-likeness (QED) is 0.634. The Bertz CT molecular complexity index is 508.